The summed E-state index contributed by atoms with van der Waals surface area (Å²) in [4.78, 5) is 11.1. The second-order valence-corrected chi connectivity index (χ2v) is 4.28. The third-order valence-corrected chi connectivity index (χ3v) is 1.70. The summed E-state index contributed by atoms with van der Waals surface area (Å²) in [5.41, 5.74) is 5.20. The van der Waals surface area contributed by atoms with E-state index in [2.05, 4.69) is 5.32 Å². The molecule has 0 saturated carbocycles. The maximum absolute atomic E-state index is 11.1. The molecule has 4 heteroatoms. The van der Waals surface area contributed by atoms with E-state index < -0.39 is 0 Å². The molecule has 0 aromatic rings. The average molecular weight is 188 g/mol. The molecule has 0 saturated heterocycles. The van der Waals surface area contributed by atoms with Gasteiger partial charge in [0.1, 0.15) is 0 Å². The zero-order chi connectivity index (χ0) is 10.5. The predicted molar refractivity (Wildman–Crippen MR) is 52.1 cm³/mol. The summed E-state index contributed by atoms with van der Waals surface area (Å²) < 4.78 is 0. The highest BCUT2D eigenvalue weighted by molar-refractivity contribution is 5.76. The van der Waals surface area contributed by atoms with Crippen LogP contribution in [0.3, 0.4) is 0 Å². The van der Waals surface area contributed by atoms with Crippen LogP contribution in [-0.4, -0.2) is 30.2 Å². The molecule has 0 radical (unpaired) electrons. The van der Waals surface area contributed by atoms with Gasteiger partial charge in [0.05, 0.1) is 0 Å². The van der Waals surface area contributed by atoms with Crippen molar-refractivity contribution in [3.8, 4) is 0 Å². The first-order valence-electron chi connectivity index (χ1n) is 4.50. The summed E-state index contributed by atoms with van der Waals surface area (Å²) in [6.07, 6.45) is 0.335. The van der Waals surface area contributed by atoms with Crippen LogP contribution in [0.15, 0.2) is 0 Å². The van der Waals surface area contributed by atoms with Crippen molar-refractivity contribution in [1.82, 2.24) is 5.32 Å². The van der Waals surface area contributed by atoms with Gasteiger partial charge >= 0.3 is 0 Å². The van der Waals surface area contributed by atoms with Gasteiger partial charge in [0, 0.05) is 31.0 Å². The molecule has 78 valence electrons. The lowest BCUT2D eigenvalue weighted by Crippen LogP contribution is -2.38. The molecule has 0 aromatic carbocycles. The van der Waals surface area contributed by atoms with Crippen LogP contribution in [0.1, 0.15) is 27.2 Å². The number of carbonyl (C=O) groups is 1. The van der Waals surface area contributed by atoms with Crippen LogP contribution in [0, 0.1) is 5.41 Å². The predicted octanol–water partition coefficient (Wildman–Crippen LogP) is -0.142. The van der Waals surface area contributed by atoms with E-state index in [1.165, 1.54) is 0 Å². The molecule has 4 nitrogen and oxygen atoms in total. The van der Waals surface area contributed by atoms with Gasteiger partial charge in [-0.25, -0.2) is 0 Å². The largest absolute Gasteiger partial charge is 0.396 e. The van der Waals surface area contributed by atoms with Crippen molar-refractivity contribution >= 4 is 5.91 Å². The Labute approximate surface area is 79.5 Å². The maximum Gasteiger partial charge on any atom is 0.221 e. The first-order chi connectivity index (χ1) is 5.87. The van der Waals surface area contributed by atoms with Gasteiger partial charge in [-0.15, -0.1) is 0 Å². The minimum Gasteiger partial charge on any atom is -0.396 e. The zero-order valence-electron chi connectivity index (χ0n) is 8.63. The number of amides is 1. The molecule has 0 rings (SSSR count). The monoisotopic (exact) mass is 188 g/mol. The maximum atomic E-state index is 11.1. The van der Waals surface area contributed by atoms with Crippen molar-refractivity contribution < 1.29 is 9.90 Å². The number of carbonyl (C=O) groups excluding carboxylic acids is 1. The van der Waals surface area contributed by atoms with E-state index in [0.717, 1.165) is 0 Å². The van der Waals surface area contributed by atoms with Gasteiger partial charge in [-0.05, 0) is 6.92 Å². The number of hydrogen-bond acceptors (Lipinski definition) is 3. The molecule has 4 N–H and O–H groups in total. The average Bonchev–Trinajstić information content (AvgIpc) is 2.00. The van der Waals surface area contributed by atoms with Crippen LogP contribution in [0.5, 0.6) is 0 Å². The lowest BCUT2D eigenvalue weighted by molar-refractivity contribution is -0.121. The van der Waals surface area contributed by atoms with Gasteiger partial charge < -0.3 is 16.2 Å². The molecular weight excluding hydrogens is 168 g/mol. The van der Waals surface area contributed by atoms with Crippen LogP contribution < -0.4 is 11.1 Å². The molecule has 0 bridgehead atoms. The molecule has 0 aromatic heterocycles. The summed E-state index contributed by atoms with van der Waals surface area (Å²) in [6.45, 7) is 6.11. The molecule has 0 spiro atoms. The number of aliphatic hydroxyl groups is 1. The van der Waals surface area contributed by atoms with Gasteiger partial charge in [-0.1, -0.05) is 13.8 Å². The fourth-order valence-corrected chi connectivity index (χ4v) is 0.758. The topological polar surface area (TPSA) is 75.4 Å². The standard InChI is InChI=1S/C9H20N2O2/c1-7(10)4-8(13)11-5-9(2,3)6-12/h7,12H,4-6,10H2,1-3H3,(H,11,13). The van der Waals surface area contributed by atoms with Crippen LogP contribution in [0.2, 0.25) is 0 Å². The Morgan fingerprint density at radius 1 is 1.62 bits per heavy atom. The highest BCUT2D eigenvalue weighted by Crippen LogP contribution is 2.11. The van der Waals surface area contributed by atoms with Gasteiger partial charge in [-0.3, -0.25) is 4.79 Å². The van der Waals surface area contributed by atoms with E-state index in [4.69, 9.17) is 10.8 Å². The molecule has 0 aliphatic heterocycles. The molecular formula is C9H20N2O2. The first-order valence-corrected chi connectivity index (χ1v) is 4.50. The van der Waals surface area contributed by atoms with Crippen LogP contribution in [0.4, 0.5) is 0 Å². The molecule has 1 amide bonds. The fraction of sp³-hybridized carbons (Fsp3) is 0.889. The highest BCUT2D eigenvalue weighted by Gasteiger charge is 2.17. The summed E-state index contributed by atoms with van der Waals surface area (Å²) >= 11 is 0. The third kappa shape index (κ3) is 6.54. The Morgan fingerprint density at radius 2 is 2.15 bits per heavy atom. The van der Waals surface area contributed by atoms with E-state index in [-0.39, 0.29) is 24.0 Å². The van der Waals surface area contributed by atoms with Crippen molar-refractivity contribution in [2.45, 2.75) is 33.2 Å². The van der Waals surface area contributed by atoms with E-state index in [1.54, 1.807) is 6.92 Å². The molecule has 1 atom stereocenters. The lowest BCUT2D eigenvalue weighted by atomic mass is 9.95. The SMILES string of the molecule is CC(N)CC(=O)NCC(C)(C)CO. The van der Waals surface area contributed by atoms with Crippen molar-refractivity contribution in [2.75, 3.05) is 13.2 Å². The summed E-state index contributed by atoms with van der Waals surface area (Å²) in [7, 11) is 0. The van der Waals surface area contributed by atoms with E-state index in [9.17, 15) is 4.79 Å². The number of hydrogen-bond donors (Lipinski definition) is 3. The van der Waals surface area contributed by atoms with E-state index in [1.807, 2.05) is 13.8 Å². The minimum atomic E-state index is -0.256. The number of aliphatic hydroxyl groups excluding tert-OH is 1. The number of nitrogens with two attached hydrogens (primary N) is 1. The molecule has 0 aliphatic rings. The number of rotatable bonds is 5. The third-order valence-electron chi connectivity index (χ3n) is 1.70. The quantitative estimate of drug-likeness (QED) is 0.562. The van der Waals surface area contributed by atoms with Crippen molar-refractivity contribution in [3.63, 3.8) is 0 Å². The highest BCUT2D eigenvalue weighted by atomic mass is 16.3. The smallest absolute Gasteiger partial charge is 0.221 e. The number of nitrogens with one attached hydrogen (secondary N) is 1. The normalized spacial score (nSPS) is 13.9. The van der Waals surface area contributed by atoms with Crippen LogP contribution in [-0.2, 0) is 4.79 Å². The van der Waals surface area contributed by atoms with Crippen molar-refractivity contribution in [1.29, 1.82) is 0 Å². The molecule has 0 fully saturated rings. The van der Waals surface area contributed by atoms with Crippen molar-refractivity contribution in [3.05, 3.63) is 0 Å². The fourth-order valence-electron chi connectivity index (χ4n) is 0.758. The molecule has 1 unspecified atom stereocenters. The minimum absolute atomic E-state index is 0.0588. The van der Waals surface area contributed by atoms with Gasteiger partial charge in [-0.2, -0.15) is 0 Å². The Bertz CT molecular complexity index is 167. The second-order valence-electron chi connectivity index (χ2n) is 4.28. The van der Waals surface area contributed by atoms with Gasteiger partial charge in [0.15, 0.2) is 0 Å². The molecule has 13 heavy (non-hydrogen) atoms. The Hall–Kier alpha value is -0.610. The first kappa shape index (κ1) is 12.4. The van der Waals surface area contributed by atoms with Crippen LogP contribution >= 0.6 is 0 Å². The Balaban J connectivity index is 3.70. The lowest BCUT2D eigenvalue weighted by Gasteiger charge is -2.22. The zero-order valence-corrected chi connectivity index (χ0v) is 8.63. The summed E-state index contributed by atoms with van der Waals surface area (Å²) in [5, 5.41) is 11.6. The molecule has 0 heterocycles. The van der Waals surface area contributed by atoms with Crippen LogP contribution in [0.25, 0.3) is 0 Å². The Morgan fingerprint density at radius 3 is 2.54 bits per heavy atom. The van der Waals surface area contributed by atoms with Gasteiger partial charge in [0.25, 0.3) is 0 Å². The van der Waals surface area contributed by atoms with Crippen molar-refractivity contribution in [2.24, 2.45) is 11.1 Å². The Kier molecular flexibility index (Phi) is 4.95. The summed E-state index contributed by atoms with van der Waals surface area (Å²) in [6, 6.07) is -0.114. The van der Waals surface area contributed by atoms with Gasteiger partial charge in [0.2, 0.25) is 5.91 Å². The molecule has 0 aliphatic carbocycles. The summed E-state index contributed by atoms with van der Waals surface area (Å²) in [5.74, 6) is -0.0588. The second kappa shape index (κ2) is 5.19. The van der Waals surface area contributed by atoms with E-state index >= 15 is 0 Å². The van der Waals surface area contributed by atoms with E-state index in [0.29, 0.717) is 13.0 Å².